The van der Waals surface area contributed by atoms with Crippen LogP contribution in [0.2, 0.25) is 0 Å². The Bertz CT molecular complexity index is 1520. The van der Waals surface area contributed by atoms with Crippen molar-refractivity contribution in [3.8, 4) is 0 Å². The van der Waals surface area contributed by atoms with Gasteiger partial charge < -0.3 is 4.52 Å². The molecule has 1 N–H and O–H groups in total. The Morgan fingerprint density at radius 1 is 0.829 bits per heavy atom. The predicted octanol–water partition coefficient (Wildman–Crippen LogP) is 4.79. The third-order valence-electron chi connectivity index (χ3n) is 6.16. The van der Waals surface area contributed by atoms with E-state index < -0.39 is 0 Å². The number of hydrazine groups is 1. The van der Waals surface area contributed by atoms with Gasteiger partial charge in [0.05, 0.1) is 29.1 Å². The molecule has 1 aromatic heterocycles. The molecule has 0 saturated carbocycles. The fourth-order valence-electron chi connectivity index (χ4n) is 4.54. The zero-order chi connectivity index (χ0) is 23.2. The Labute approximate surface area is 201 Å². The number of para-hydroxylation sites is 1. The van der Waals surface area contributed by atoms with Gasteiger partial charge in [0.2, 0.25) is 0 Å². The van der Waals surface area contributed by atoms with Crippen molar-refractivity contribution in [2.75, 3.05) is 5.01 Å². The van der Waals surface area contributed by atoms with Gasteiger partial charge in [-0.25, -0.2) is 15.4 Å². The number of rotatable bonds is 3. The van der Waals surface area contributed by atoms with E-state index in [1.807, 2.05) is 83.9 Å². The van der Waals surface area contributed by atoms with Gasteiger partial charge in [0.15, 0.2) is 11.7 Å². The van der Waals surface area contributed by atoms with Gasteiger partial charge in [0.1, 0.15) is 12.1 Å². The quantitative estimate of drug-likeness (QED) is 0.478. The van der Waals surface area contributed by atoms with Gasteiger partial charge >= 0.3 is 0 Å². The van der Waals surface area contributed by atoms with Crippen molar-refractivity contribution in [3.05, 3.63) is 125 Å². The molecule has 0 spiro atoms. The van der Waals surface area contributed by atoms with Crippen molar-refractivity contribution < 1.29 is 4.52 Å². The number of nitrogens with zero attached hydrogens (tertiary/aromatic N) is 6. The highest BCUT2D eigenvalue weighted by atomic mass is 16.5. The molecular weight excluding hydrogens is 438 g/mol. The minimum Gasteiger partial charge on any atom is -0.336 e. The number of anilines is 1. The number of fused-ring (bicyclic) bond motifs is 3. The Morgan fingerprint density at radius 3 is 2.31 bits per heavy atom. The second-order valence-electron chi connectivity index (χ2n) is 8.26. The predicted molar refractivity (Wildman–Crippen MR) is 134 cm³/mol. The topological polar surface area (TPSA) is 81.6 Å². The third-order valence-corrected chi connectivity index (χ3v) is 6.16. The number of aromatic nitrogens is 1. The van der Waals surface area contributed by atoms with Crippen LogP contribution in [0.4, 0.5) is 11.6 Å². The van der Waals surface area contributed by atoms with E-state index >= 15 is 0 Å². The Balaban J connectivity index is 1.42. The molecule has 1 atom stereocenters. The first-order valence-electron chi connectivity index (χ1n) is 11.3. The second kappa shape index (κ2) is 7.89. The van der Waals surface area contributed by atoms with Gasteiger partial charge in [-0.2, -0.15) is 10.1 Å². The fraction of sp³-hybridized carbons (Fsp3) is 0.0370. The molecule has 3 aliphatic heterocycles. The number of nitrogens with one attached hydrogen (secondary N) is 1. The summed E-state index contributed by atoms with van der Waals surface area (Å²) in [4.78, 5) is 9.76. The SMILES string of the molecule is C1=NC2=C(C3=Nc4oncc4C(c4ccccc4)=NN13)C(c1ccccc1)NN2c1ccccc1. The van der Waals surface area contributed by atoms with E-state index in [1.165, 1.54) is 0 Å². The van der Waals surface area contributed by atoms with Crippen LogP contribution in [0.15, 0.2) is 128 Å². The maximum absolute atomic E-state index is 5.59. The molecule has 0 amide bonds. The smallest absolute Gasteiger partial charge is 0.261 e. The monoisotopic (exact) mass is 457 g/mol. The maximum atomic E-state index is 5.59. The van der Waals surface area contributed by atoms with Crippen LogP contribution < -0.4 is 10.4 Å². The summed E-state index contributed by atoms with van der Waals surface area (Å²) in [5, 5.41) is 12.7. The number of hydrogen-bond acceptors (Lipinski definition) is 8. The van der Waals surface area contributed by atoms with E-state index in [4.69, 9.17) is 19.6 Å². The fourth-order valence-corrected chi connectivity index (χ4v) is 4.54. The minimum atomic E-state index is -0.190. The van der Waals surface area contributed by atoms with Gasteiger partial charge in [-0.15, -0.1) is 0 Å². The van der Waals surface area contributed by atoms with Crippen LogP contribution in [0.3, 0.4) is 0 Å². The maximum Gasteiger partial charge on any atom is 0.261 e. The summed E-state index contributed by atoms with van der Waals surface area (Å²) in [6.07, 6.45) is 3.36. The average Bonchev–Trinajstić information content (AvgIpc) is 3.51. The molecule has 0 bridgehead atoms. The van der Waals surface area contributed by atoms with E-state index in [0.29, 0.717) is 11.7 Å². The molecular formula is C27H19N7O. The molecule has 1 unspecified atom stereocenters. The van der Waals surface area contributed by atoms with E-state index in [1.54, 1.807) is 17.5 Å². The molecule has 0 radical (unpaired) electrons. The van der Waals surface area contributed by atoms with Gasteiger partial charge in [-0.1, -0.05) is 84.0 Å². The van der Waals surface area contributed by atoms with Crippen LogP contribution in [0.25, 0.3) is 0 Å². The van der Waals surface area contributed by atoms with Crippen LogP contribution in [0, 0.1) is 0 Å². The van der Waals surface area contributed by atoms with Crippen LogP contribution in [-0.2, 0) is 0 Å². The lowest BCUT2D eigenvalue weighted by Gasteiger charge is -2.23. The van der Waals surface area contributed by atoms with E-state index in [0.717, 1.165) is 39.5 Å². The van der Waals surface area contributed by atoms with Gasteiger partial charge in [-0.05, 0) is 17.7 Å². The van der Waals surface area contributed by atoms with Crippen molar-refractivity contribution in [3.63, 3.8) is 0 Å². The van der Waals surface area contributed by atoms with E-state index in [2.05, 4.69) is 22.7 Å². The highest BCUT2D eigenvalue weighted by Crippen LogP contribution is 2.40. The molecule has 7 rings (SSSR count). The average molecular weight is 457 g/mol. The zero-order valence-electron chi connectivity index (χ0n) is 18.5. The number of aliphatic imine (C=N–C) groups is 2. The van der Waals surface area contributed by atoms with Crippen LogP contribution in [-0.4, -0.2) is 28.1 Å². The van der Waals surface area contributed by atoms with Crippen molar-refractivity contribution >= 4 is 29.5 Å². The molecule has 3 aliphatic rings. The molecule has 0 fully saturated rings. The standard InChI is InChI=1S/C27H19N7O/c1-4-10-18(11-5-1)23-21-16-29-35-27(21)30-26-22-24(19-12-6-2-7-13-19)32-34(20-14-8-3-9-15-20)25(22)28-17-33(26)31-23/h1-17,24,32H. The molecule has 8 heteroatoms. The Morgan fingerprint density at radius 2 is 1.54 bits per heavy atom. The summed E-state index contributed by atoms with van der Waals surface area (Å²) in [7, 11) is 0. The highest BCUT2D eigenvalue weighted by Gasteiger charge is 2.41. The molecule has 4 heterocycles. The van der Waals surface area contributed by atoms with Crippen molar-refractivity contribution in [1.82, 2.24) is 15.6 Å². The zero-order valence-corrected chi connectivity index (χ0v) is 18.5. The van der Waals surface area contributed by atoms with Crippen LogP contribution in [0.1, 0.15) is 22.7 Å². The van der Waals surface area contributed by atoms with Gasteiger partial charge in [0, 0.05) is 5.56 Å². The van der Waals surface area contributed by atoms with Crippen LogP contribution >= 0.6 is 0 Å². The molecule has 168 valence electrons. The summed E-state index contributed by atoms with van der Waals surface area (Å²) in [6, 6.07) is 30.1. The summed E-state index contributed by atoms with van der Waals surface area (Å²) in [5.41, 5.74) is 8.99. The largest absolute Gasteiger partial charge is 0.336 e. The number of amidine groups is 1. The van der Waals surface area contributed by atoms with Gasteiger partial charge in [-0.3, -0.25) is 5.01 Å². The first-order chi connectivity index (χ1) is 17.4. The first-order valence-corrected chi connectivity index (χ1v) is 11.3. The molecule has 35 heavy (non-hydrogen) atoms. The van der Waals surface area contributed by atoms with Crippen LogP contribution in [0.5, 0.6) is 0 Å². The lowest BCUT2D eigenvalue weighted by Crippen LogP contribution is -2.33. The minimum absolute atomic E-state index is 0.190. The van der Waals surface area contributed by atoms with E-state index in [-0.39, 0.29) is 6.04 Å². The van der Waals surface area contributed by atoms with Crippen molar-refractivity contribution in [2.24, 2.45) is 15.1 Å². The van der Waals surface area contributed by atoms with E-state index in [9.17, 15) is 0 Å². The highest BCUT2D eigenvalue weighted by molar-refractivity contribution is 6.19. The number of hydrazone groups is 1. The Hall–Kier alpha value is -4.82. The summed E-state index contributed by atoms with van der Waals surface area (Å²) in [6.45, 7) is 0. The molecule has 3 aromatic carbocycles. The second-order valence-corrected chi connectivity index (χ2v) is 8.26. The van der Waals surface area contributed by atoms with Crippen molar-refractivity contribution in [2.45, 2.75) is 6.04 Å². The summed E-state index contributed by atoms with van der Waals surface area (Å²) < 4.78 is 5.59. The lowest BCUT2D eigenvalue weighted by molar-refractivity contribution is 0.429. The normalized spacial score (nSPS) is 18.5. The first kappa shape index (κ1) is 19.6. The molecule has 4 aromatic rings. The number of benzene rings is 3. The Kier molecular flexibility index (Phi) is 4.43. The summed E-state index contributed by atoms with van der Waals surface area (Å²) >= 11 is 0. The number of hydrogen-bond donors (Lipinski definition) is 1. The molecule has 0 aliphatic carbocycles. The summed E-state index contributed by atoms with van der Waals surface area (Å²) in [5.74, 6) is 1.82. The third kappa shape index (κ3) is 3.19. The molecule has 0 saturated heterocycles. The lowest BCUT2D eigenvalue weighted by atomic mass is 9.98. The van der Waals surface area contributed by atoms with Crippen molar-refractivity contribution in [1.29, 1.82) is 0 Å². The van der Waals surface area contributed by atoms with Gasteiger partial charge in [0.25, 0.3) is 5.88 Å². The molecule has 8 nitrogen and oxygen atoms in total.